The number of carbonyl (C=O) groups is 3. The minimum Gasteiger partial charge on any atom is -0.391 e. The van der Waals surface area contributed by atoms with E-state index >= 15 is 0 Å². The third-order valence-corrected chi connectivity index (χ3v) is 6.09. The summed E-state index contributed by atoms with van der Waals surface area (Å²) in [4.78, 5) is 36.2. The van der Waals surface area contributed by atoms with Gasteiger partial charge < -0.3 is 21.1 Å². The second-order valence-electron chi connectivity index (χ2n) is 9.64. The standard InChI is InChI=1S/C30H26F6N4O5/c1-17(41)26(28(44)40-45)39-27(43)21-8-4-18(5-9-21)2-3-19-6-10-24(11-7-19)38-25(42)16-37-15-20-12-22(29(31,32)33)14-23(13-20)30(34,35)36/h4-14,17,26,37,41,45H,15-16H2,1H3,(H,38,42)(H,39,43)(H,40,44). The minimum atomic E-state index is -4.97. The lowest BCUT2D eigenvalue weighted by Gasteiger charge is -2.19. The Kier molecular flexibility index (Phi) is 11.3. The Bertz CT molecular complexity index is 1550. The van der Waals surface area contributed by atoms with Crippen molar-refractivity contribution < 1.29 is 51.0 Å². The summed E-state index contributed by atoms with van der Waals surface area (Å²) in [5.74, 6) is 3.55. The summed E-state index contributed by atoms with van der Waals surface area (Å²) < 4.78 is 78.1. The molecular weight excluding hydrogens is 610 g/mol. The van der Waals surface area contributed by atoms with Crippen LogP contribution in [-0.2, 0) is 28.5 Å². The minimum absolute atomic E-state index is 0.0293. The topological polar surface area (TPSA) is 140 Å². The quantitative estimate of drug-likeness (QED) is 0.0914. The number of amides is 3. The van der Waals surface area contributed by atoms with E-state index in [4.69, 9.17) is 5.21 Å². The lowest BCUT2D eigenvalue weighted by atomic mass is 10.0. The number of aliphatic hydroxyl groups is 1. The van der Waals surface area contributed by atoms with E-state index in [1.54, 1.807) is 36.4 Å². The van der Waals surface area contributed by atoms with Gasteiger partial charge in [0.25, 0.3) is 11.8 Å². The number of rotatable bonds is 9. The second kappa shape index (κ2) is 14.7. The summed E-state index contributed by atoms with van der Waals surface area (Å²) in [6.07, 6.45) is -11.2. The van der Waals surface area contributed by atoms with Crippen molar-refractivity contribution in [3.8, 4) is 11.8 Å². The van der Waals surface area contributed by atoms with Crippen molar-refractivity contribution in [1.82, 2.24) is 16.1 Å². The van der Waals surface area contributed by atoms with Crippen LogP contribution < -0.4 is 21.4 Å². The number of carbonyl (C=O) groups excluding carboxylic acids is 3. The van der Waals surface area contributed by atoms with Crippen molar-refractivity contribution in [3.05, 3.63) is 100 Å². The van der Waals surface area contributed by atoms with Gasteiger partial charge in [0.1, 0.15) is 6.04 Å². The number of nitrogens with one attached hydrogen (secondary N) is 4. The van der Waals surface area contributed by atoms with Gasteiger partial charge in [-0.3, -0.25) is 19.6 Å². The number of hydrogen-bond acceptors (Lipinski definition) is 6. The predicted octanol–water partition coefficient (Wildman–Crippen LogP) is 3.84. The molecule has 3 aromatic carbocycles. The fourth-order valence-electron chi connectivity index (χ4n) is 3.83. The highest BCUT2D eigenvalue weighted by molar-refractivity contribution is 5.97. The molecule has 0 spiro atoms. The van der Waals surface area contributed by atoms with Crippen LogP contribution in [0.15, 0.2) is 66.7 Å². The summed E-state index contributed by atoms with van der Waals surface area (Å²) in [5, 5.41) is 25.8. The first-order valence-electron chi connectivity index (χ1n) is 13.0. The summed E-state index contributed by atoms with van der Waals surface area (Å²) in [7, 11) is 0. The van der Waals surface area contributed by atoms with Gasteiger partial charge in [0, 0.05) is 28.9 Å². The molecule has 0 aliphatic carbocycles. The first-order valence-corrected chi connectivity index (χ1v) is 13.0. The van der Waals surface area contributed by atoms with E-state index in [0.29, 0.717) is 28.9 Å². The Morgan fingerprint density at radius 3 is 1.80 bits per heavy atom. The fourth-order valence-corrected chi connectivity index (χ4v) is 3.83. The van der Waals surface area contributed by atoms with E-state index in [1.807, 2.05) is 0 Å². The maximum Gasteiger partial charge on any atom is 0.416 e. The Hall–Kier alpha value is -4.91. The van der Waals surface area contributed by atoms with E-state index in [1.165, 1.54) is 24.5 Å². The molecule has 0 fully saturated rings. The zero-order valence-corrected chi connectivity index (χ0v) is 23.3. The maximum absolute atomic E-state index is 13.0. The molecule has 0 aliphatic rings. The van der Waals surface area contributed by atoms with Crippen LogP contribution >= 0.6 is 0 Å². The lowest BCUT2D eigenvalue weighted by Crippen LogP contribution is -2.51. The SMILES string of the molecule is CC(O)C(NC(=O)c1ccc(C#Cc2ccc(NC(=O)CNCc3cc(C(F)(F)F)cc(C(F)(F)F)c3)cc2)cc1)C(=O)NO. The molecular formula is C30H26F6N4O5. The van der Waals surface area contributed by atoms with E-state index in [9.17, 15) is 45.8 Å². The van der Waals surface area contributed by atoms with E-state index in [0.717, 1.165) is 0 Å². The molecule has 2 atom stereocenters. The Morgan fingerprint density at radius 2 is 1.33 bits per heavy atom. The van der Waals surface area contributed by atoms with Crippen molar-refractivity contribution in [2.24, 2.45) is 0 Å². The van der Waals surface area contributed by atoms with Crippen LogP contribution in [0.4, 0.5) is 32.0 Å². The number of anilines is 1. The number of hydrogen-bond donors (Lipinski definition) is 6. The Balaban J connectivity index is 1.54. The van der Waals surface area contributed by atoms with Gasteiger partial charge in [0.15, 0.2) is 0 Å². The maximum atomic E-state index is 13.0. The Morgan fingerprint density at radius 1 is 0.822 bits per heavy atom. The number of hydroxylamine groups is 1. The van der Waals surface area contributed by atoms with Gasteiger partial charge in [0.05, 0.1) is 23.8 Å². The second-order valence-corrected chi connectivity index (χ2v) is 9.64. The monoisotopic (exact) mass is 636 g/mol. The van der Waals surface area contributed by atoms with Crippen molar-refractivity contribution >= 4 is 23.4 Å². The van der Waals surface area contributed by atoms with E-state index in [2.05, 4.69) is 27.8 Å². The molecule has 9 nitrogen and oxygen atoms in total. The molecule has 0 radical (unpaired) electrons. The molecule has 0 saturated heterocycles. The normalized spacial score (nSPS) is 12.7. The Labute approximate surface area is 252 Å². The molecule has 3 rings (SSSR count). The van der Waals surface area contributed by atoms with Crippen LogP contribution in [0, 0.1) is 11.8 Å². The van der Waals surface area contributed by atoms with Crippen LogP contribution in [0.1, 0.15) is 45.1 Å². The largest absolute Gasteiger partial charge is 0.416 e. The molecule has 45 heavy (non-hydrogen) atoms. The summed E-state index contributed by atoms with van der Waals surface area (Å²) in [5.41, 5.74) is -0.166. The van der Waals surface area contributed by atoms with Crippen LogP contribution in [0.2, 0.25) is 0 Å². The van der Waals surface area contributed by atoms with Crippen molar-refractivity contribution in [3.63, 3.8) is 0 Å². The predicted molar refractivity (Wildman–Crippen MR) is 149 cm³/mol. The van der Waals surface area contributed by atoms with Gasteiger partial charge in [-0.2, -0.15) is 26.3 Å². The van der Waals surface area contributed by atoms with Crippen LogP contribution in [0.25, 0.3) is 0 Å². The number of halogens is 6. The average Bonchev–Trinajstić information content (AvgIpc) is 2.98. The lowest BCUT2D eigenvalue weighted by molar-refractivity contribution is -0.143. The fraction of sp³-hybridized carbons (Fsp3) is 0.233. The highest BCUT2D eigenvalue weighted by atomic mass is 19.4. The van der Waals surface area contributed by atoms with Crippen LogP contribution in [-0.4, -0.2) is 46.7 Å². The van der Waals surface area contributed by atoms with Gasteiger partial charge in [-0.1, -0.05) is 11.8 Å². The van der Waals surface area contributed by atoms with E-state index in [-0.39, 0.29) is 23.7 Å². The molecule has 0 saturated carbocycles. The zero-order chi connectivity index (χ0) is 33.4. The first-order chi connectivity index (χ1) is 21.1. The van der Waals surface area contributed by atoms with Crippen LogP contribution in [0.3, 0.4) is 0 Å². The average molecular weight is 637 g/mol. The summed E-state index contributed by atoms with van der Waals surface area (Å²) in [6.45, 7) is 0.469. The van der Waals surface area contributed by atoms with Crippen molar-refractivity contribution in [2.45, 2.75) is 38.0 Å². The highest BCUT2D eigenvalue weighted by Crippen LogP contribution is 2.36. The number of benzene rings is 3. The molecule has 0 aliphatic heterocycles. The smallest absolute Gasteiger partial charge is 0.391 e. The van der Waals surface area contributed by atoms with Crippen molar-refractivity contribution in [1.29, 1.82) is 0 Å². The third kappa shape index (κ3) is 10.3. The number of aliphatic hydroxyl groups excluding tert-OH is 1. The summed E-state index contributed by atoms with van der Waals surface area (Å²) in [6, 6.07) is 12.1. The van der Waals surface area contributed by atoms with Gasteiger partial charge in [-0.25, -0.2) is 5.48 Å². The van der Waals surface area contributed by atoms with E-state index < -0.39 is 59.9 Å². The van der Waals surface area contributed by atoms with Crippen molar-refractivity contribution in [2.75, 3.05) is 11.9 Å². The molecule has 6 N–H and O–H groups in total. The first kappa shape index (κ1) is 34.6. The molecule has 15 heteroatoms. The van der Waals surface area contributed by atoms with Crippen LogP contribution in [0.5, 0.6) is 0 Å². The molecule has 3 aromatic rings. The molecule has 3 amide bonds. The molecule has 0 aromatic heterocycles. The van der Waals surface area contributed by atoms with Gasteiger partial charge in [-0.15, -0.1) is 0 Å². The molecule has 0 heterocycles. The highest BCUT2D eigenvalue weighted by Gasteiger charge is 2.36. The van der Waals surface area contributed by atoms with Gasteiger partial charge >= 0.3 is 12.4 Å². The number of alkyl halides is 6. The molecule has 0 bridgehead atoms. The van der Waals surface area contributed by atoms with Gasteiger partial charge in [-0.05, 0) is 79.2 Å². The third-order valence-electron chi connectivity index (χ3n) is 6.09. The molecule has 2 unspecified atom stereocenters. The molecule has 238 valence electrons. The summed E-state index contributed by atoms with van der Waals surface area (Å²) >= 11 is 0. The van der Waals surface area contributed by atoms with Gasteiger partial charge in [0.2, 0.25) is 5.91 Å². The zero-order valence-electron chi connectivity index (χ0n) is 23.3.